The molecule has 0 aliphatic rings. The number of hydrogen-bond donors (Lipinski definition) is 1. The fourth-order valence-electron chi connectivity index (χ4n) is 1.41. The van der Waals surface area contributed by atoms with Crippen LogP contribution in [0.3, 0.4) is 0 Å². The molecule has 0 atom stereocenters. The van der Waals surface area contributed by atoms with E-state index in [1.807, 2.05) is 31.2 Å². The topological polar surface area (TPSA) is 63.6 Å². The van der Waals surface area contributed by atoms with Crippen molar-refractivity contribution in [2.45, 2.75) is 13.3 Å². The molecule has 0 saturated carbocycles. The Morgan fingerprint density at radius 3 is 2.53 bits per heavy atom. The SMILES string of the molecule is COC(=O)/C(=C\c1ccccc1C)CC(=O)O. The van der Waals surface area contributed by atoms with E-state index in [1.54, 1.807) is 6.08 Å². The average Bonchev–Trinajstić information content (AvgIpc) is 2.29. The van der Waals surface area contributed by atoms with Gasteiger partial charge in [-0.15, -0.1) is 0 Å². The lowest BCUT2D eigenvalue weighted by Crippen LogP contribution is -2.09. The summed E-state index contributed by atoms with van der Waals surface area (Å²) in [5, 5.41) is 8.73. The second-order valence-corrected chi connectivity index (χ2v) is 3.59. The minimum absolute atomic E-state index is 0.134. The smallest absolute Gasteiger partial charge is 0.334 e. The number of hydrogen-bond acceptors (Lipinski definition) is 3. The molecule has 17 heavy (non-hydrogen) atoms. The van der Waals surface area contributed by atoms with Crippen molar-refractivity contribution in [2.75, 3.05) is 7.11 Å². The predicted molar refractivity (Wildman–Crippen MR) is 63.4 cm³/mol. The van der Waals surface area contributed by atoms with Gasteiger partial charge in [0, 0.05) is 5.57 Å². The number of aryl methyl sites for hydroxylation is 1. The molecule has 0 amide bonds. The molecule has 1 N–H and O–H groups in total. The highest BCUT2D eigenvalue weighted by Gasteiger charge is 2.13. The van der Waals surface area contributed by atoms with Gasteiger partial charge in [-0.1, -0.05) is 24.3 Å². The van der Waals surface area contributed by atoms with E-state index in [4.69, 9.17) is 5.11 Å². The minimum atomic E-state index is -1.06. The van der Waals surface area contributed by atoms with Crippen LogP contribution >= 0.6 is 0 Å². The highest BCUT2D eigenvalue weighted by atomic mass is 16.5. The molecular formula is C13H14O4. The second-order valence-electron chi connectivity index (χ2n) is 3.59. The molecule has 90 valence electrons. The lowest BCUT2D eigenvalue weighted by atomic mass is 10.0. The van der Waals surface area contributed by atoms with Crippen LogP contribution in [0.25, 0.3) is 6.08 Å². The molecule has 1 aromatic rings. The van der Waals surface area contributed by atoms with Crippen LogP contribution in [-0.4, -0.2) is 24.2 Å². The van der Waals surface area contributed by atoms with Gasteiger partial charge in [0.25, 0.3) is 0 Å². The second kappa shape index (κ2) is 5.84. The summed E-state index contributed by atoms with van der Waals surface area (Å²) in [5.74, 6) is -1.68. The monoisotopic (exact) mass is 234 g/mol. The maximum absolute atomic E-state index is 11.4. The summed E-state index contributed by atoms with van der Waals surface area (Å²) in [4.78, 5) is 22.1. The van der Waals surface area contributed by atoms with Crippen LogP contribution in [0.4, 0.5) is 0 Å². The minimum Gasteiger partial charge on any atom is -0.481 e. The zero-order chi connectivity index (χ0) is 12.8. The van der Waals surface area contributed by atoms with E-state index in [9.17, 15) is 9.59 Å². The Bertz CT molecular complexity index is 460. The van der Waals surface area contributed by atoms with Gasteiger partial charge >= 0.3 is 11.9 Å². The first-order valence-electron chi connectivity index (χ1n) is 5.11. The van der Waals surface area contributed by atoms with E-state index in [-0.39, 0.29) is 12.0 Å². The summed E-state index contributed by atoms with van der Waals surface area (Å²) in [6, 6.07) is 7.41. The Morgan fingerprint density at radius 2 is 2.00 bits per heavy atom. The summed E-state index contributed by atoms with van der Waals surface area (Å²) in [6.07, 6.45) is 1.20. The largest absolute Gasteiger partial charge is 0.481 e. The van der Waals surface area contributed by atoms with Crippen molar-refractivity contribution in [3.05, 3.63) is 41.0 Å². The van der Waals surface area contributed by atoms with Crippen LogP contribution < -0.4 is 0 Å². The van der Waals surface area contributed by atoms with Gasteiger partial charge in [-0.25, -0.2) is 4.79 Å². The molecule has 0 fully saturated rings. The number of ether oxygens (including phenoxy) is 1. The zero-order valence-corrected chi connectivity index (χ0v) is 9.77. The number of carbonyl (C=O) groups is 2. The van der Waals surface area contributed by atoms with Crippen LogP contribution in [0.2, 0.25) is 0 Å². The molecule has 0 unspecified atom stereocenters. The van der Waals surface area contributed by atoms with Gasteiger partial charge in [-0.05, 0) is 24.1 Å². The Kier molecular flexibility index (Phi) is 4.46. The van der Waals surface area contributed by atoms with Crippen molar-refractivity contribution < 1.29 is 19.4 Å². The number of rotatable bonds is 4. The molecule has 0 spiro atoms. The van der Waals surface area contributed by atoms with Gasteiger partial charge in [-0.2, -0.15) is 0 Å². The van der Waals surface area contributed by atoms with Gasteiger partial charge in [0.05, 0.1) is 13.5 Å². The zero-order valence-electron chi connectivity index (χ0n) is 9.77. The number of carboxylic acids is 1. The highest BCUT2D eigenvalue weighted by Crippen LogP contribution is 2.15. The average molecular weight is 234 g/mol. The fraction of sp³-hybridized carbons (Fsp3) is 0.231. The molecule has 0 bridgehead atoms. The molecule has 0 aliphatic heterocycles. The number of carboxylic acid groups (broad SMARTS) is 1. The molecule has 0 aromatic heterocycles. The molecule has 4 nitrogen and oxygen atoms in total. The summed E-state index contributed by atoms with van der Waals surface area (Å²) >= 11 is 0. The number of carbonyl (C=O) groups excluding carboxylic acids is 1. The van der Waals surface area contributed by atoms with Crippen molar-refractivity contribution in [1.29, 1.82) is 0 Å². The quantitative estimate of drug-likeness (QED) is 0.639. The fourth-order valence-corrected chi connectivity index (χ4v) is 1.41. The number of esters is 1. The van der Waals surface area contributed by atoms with Crippen molar-refractivity contribution in [1.82, 2.24) is 0 Å². The van der Waals surface area contributed by atoms with Gasteiger partial charge in [0.1, 0.15) is 0 Å². The standard InChI is InChI=1S/C13H14O4/c1-9-5-3-4-6-10(9)7-11(8-12(14)15)13(16)17-2/h3-7H,8H2,1-2H3,(H,14,15)/b11-7-. The van der Waals surface area contributed by atoms with Crippen LogP contribution in [0.5, 0.6) is 0 Å². The number of benzene rings is 1. The van der Waals surface area contributed by atoms with Crippen molar-refractivity contribution >= 4 is 18.0 Å². The molecule has 1 aromatic carbocycles. The normalized spacial score (nSPS) is 11.1. The summed E-state index contributed by atoms with van der Waals surface area (Å²) in [5.41, 5.74) is 1.92. The number of aliphatic carboxylic acids is 1. The van der Waals surface area contributed by atoms with Gasteiger partial charge in [0.2, 0.25) is 0 Å². The van der Waals surface area contributed by atoms with Gasteiger partial charge in [0.15, 0.2) is 0 Å². The van der Waals surface area contributed by atoms with E-state index >= 15 is 0 Å². The van der Waals surface area contributed by atoms with Crippen molar-refractivity contribution in [3.63, 3.8) is 0 Å². The predicted octanol–water partition coefficient (Wildman–Crippen LogP) is 2.03. The van der Waals surface area contributed by atoms with Crippen molar-refractivity contribution in [3.8, 4) is 0 Å². The number of methoxy groups -OCH3 is 1. The summed E-state index contributed by atoms with van der Waals surface area (Å²) in [6.45, 7) is 1.89. The van der Waals surface area contributed by atoms with Crippen LogP contribution in [0.15, 0.2) is 29.8 Å². The third-order valence-electron chi connectivity index (χ3n) is 2.31. The Morgan fingerprint density at radius 1 is 1.35 bits per heavy atom. The molecule has 0 saturated heterocycles. The van der Waals surface area contributed by atoms with Crippen LogP contribution in [-0.2, 0) is 14.3 Å². The third kappa shape index (κ3) is 3.75. The maximum atomic E-state index is 11.4. The molecule has 1 rings (SSSR count). The first-order valence-corrected chi connectivity index (χ1v) is 5.11. The lowest BCUT2D eigenvalue weighted by molar-refractivity contribution is -0.141. The van der Waals surface area contributed by atoms with Crippen LogP contribution in [0.1, 0.15) is 17.5 Å². The Hall–Kier alpha value is -2.10. The van der Waals surface area contributed by atoms with E-state index in [2.05, 4.69) is 4.74 Å². The molecule has 0 radical (unpaired) electrons. The first-order chi connectivity index (χ1) is 8.04. The summed E-state index contributed by atoms with van der Waals surface area (Å²) in [7, 11) is 1.23. The Labute approximate surface area is 99.5 Å². The first kappa shape index (κ1) is 13.0. The maximum Gasteiger partial charge on any atom is 0.334 e. The third-order valence-corrected chi connectivity index (χ3v) is 2.31. The molecule has 4 heteroatoms. The van der Waals surface area contributed by atoms with Gasteiger partial charge in [-0.3, -0.25) is 4.79 Å². The lowest BCUT2D eigenvalue weighted by Gasteiger charge is -2.04. The van der Waals surface area contributed by atoms with Crippen LogP contribution in [0, 0.1) is 6.92 Å². The van der Waals surface area contributed by atoms with Gasteiger partial charge < -0.3 is 9.84 Å². The van der Waals surface area contributed by atoms with E-state index in [1.165, 1.54) is 7.11 Å². The van der Waals surface area contributed by atoms with E-state index in [0.29, 0.717) is 0 Å². The molecular weight excluding hydrogens is 220 g/mol. The van der Waals surface area contributed by atoms with E-state index < -0.39 is 11.9 Å². The summed E-state index contributed by atoms with van der Waals surface area (Å²) < 4.78 is 4.55. The highest BCUT2D eigenvalue weighted by molar-refractivity contribution is 5.98. The van der Waals surface area contributed by atoms with E-state index in [0.717, 1.165) is 11.1 Å². The molecule has 0 heterocycles. The Balaban J connectivity index is 3.09. The molecule has 0 aliphatic carbocycles. The van der Waals surface area contributed by atoms with Crippen molar-refractivity contribution in [2.24, 2.45) is 0 Å².